The lowest BCUT2D eigenvalue weighted by atomic mass is 9.67. The SMILES string of the molecule is CCC[C@H](CC(=O)NC(=O)c1ccccc1)C(C#N)(C(=O)OC)c1cccc(C(F)(F)F)c1. The Morgan fingerprint density at radius 1 is 1.06 bits per heavy atom. The molecular weight excluding hydrogens is 437 g/mol. The number of nitriles is 1. The first-order chi connectivity index (χ1) is 15.6. The number of benzene rings is 2. The van der Waals surface area contributed by atoms with Crippen LogP contribution in [0.4, 0.5) is 13.2 Å². The van der Waals surface area contributed by atoms with E-state index in [1.807, 2.05) is 6.07 Å². The zero-order valence-electron chi connectivity index (χ0n) is 18.1. The number of hydrogen-bond acceptors (Lipinski definition) is 5. The van der Waals surface area contributed by atoms with Gasteiger partial charge in [0, 0.05) is 17.9 Å². The average Bonchev–Trinajstić information content (AvgIpc) is 2.80. The summed E-state index contributed by atoms with van der Waals surface area (Å²) in [6.45, 7) is 1.74. The number of carbonyl (C=O) groups is 3. The highest BCUT2D eigenvalue weighted by molar-refractivity contribution is 6.04. The number of carbonyl (C=O) groups excluding carboxylic acids is 3. The van der Waals surface area contributed by atoms with E-state index in [-0.39, 0.29) is 17.5 Å². The van der Waals surface area contributed by atoms with Gasteiger partial charge < -0.3 is 4.74 Å². The summed E-state index contributed by atoms with van der Waals surface area (Å²) >= 11 is 0. The van der Waals surface area contributed by atoms with E-state index in [1.165, 1.54) is 18.2 Å². The van der Waals surface area contributed by atoms with Gasteiger partial charge in [0.15, 0.2) is 5.41 Å². The van der Waals surface area contributed by atoms with Gasteiger partial charge in [-0.15, -0.1) is 0 Å². The van der Waals surface area contributed by atoms with Crippen LogP contribution >= 0.6 is 0 Å². The number of hydrogen-bond donors (Lipinski definition) is 1. The predicted octanol–water partition coefficient (Wildman–Crippen LogP) is 4.40. The van der Waals surface area contributed by atoms with Gasteiger partial charge >= 0.3 is 12.1 Å². The molecule has 0 fully saturated rings. The summed E-state index contributed by atoms with van der Waals surface area (Å²) in [5, 5.41) is 12.3. The van der Waals surface area contributed by atoms with Crippen LogP contribution in [-0.2, 0) is 25.9 Å². The van der Waals surface area contributed by atoms with Gasteiger partial charge in [0.1, 0.15) is 0 Å². The largest absolute Gasteiger partial charge is 0.468 e. The standard InChI is InChI=1S/C24H23F3N2O4/c1-3-8-17(14-20(30)29-21(31)16-9-5-4-6-10-16)23(15-28,22(32)33-2)18-11-7-12-19(13-18)24(25,26)27/h4-7,9-13,17H,3,8,14H2,1-2H3,(H,29,30,31)/t17-,23?/m1/s1. The van der Waals surface area contributed by atoms with Crippen molar-refractivity contribution < 1.29 is 32.3 Å². The number of methoxy groups -OCH3 is 1. The molecule has 33 heavy (non-hydrogen) atoms. The number of amides is 2. The molecule has 0 saturated carbocycles. The van der Waals surface area contributed by atoms with Crippen molar-refractivity contribution in [3.05, 3.63) is 71.3 Å². The molecule has 0 radical (unpaired) electrons. The molecule has 2 rings (SSSR count). The molecule has 1 unspecified atom stereocenters. The fourth-order valence-electron chi connectivity index (χ4n) is 3.71. The summed E-state index contributed by atoms with van der Waals surface area (Å²) < 4.78 is 44.7. The predicted molar refractivity (Wildman–Crippen MR) is 113 cm³/mol. The van der Waals surface area contributed by atoms with Crippen LogP contribution < -0.4 is 5.32 Å². The van der Waals surface area contributed by atoms with Gasteiger partial charge in [-0.25, -0.2) is 4.79 Å². The summed E-state index contributed by atoms with van der Waals surface area (Å²) in [6, 6.07) is 13.6. The highest BCUT2D eigenvalue weighted by Gasteiger charge is 2.50. The molecule has 2 aromatic rings. The molecule has 2 amide bonds. The first-order valence-electron chi connectivity index (χ1n) is 10.2. The van der Waals surface area contributed by atoms with Crippen LogP contribution in [0.5, 0.6) is 0 Å². The third kappa shape index (κ3) is 5.77. The van der Waals surface area contributed by atoms with Gasteiger partial charge in [-0.2, -0.15) is 18.4 Å². The van der Waals surface area contributed by atoms with E-state index in [9.17, 15) is 32.8 Å². The molecule has 0 saturated heterocycles. The molecule has 174 valence electrons. The molecule has 9 heteroatoms. The number of ether oxygens (including phenoxy) is 1. The smallest absolute Gasteiger partial charge is 0.416 e. The molecule has 0 aromatic heterocycles. The summed E-state index contributed by atoms with van der Waals surface area (Å²) in [5.74, 6) is -3.56. The molecule has 1 N–H and O–H groups in total. The van der Waals surface area contributed by atoms with E-state index >= 15 is 0 Å². The third-order valence-corrected chi connectivity index (χ3v) is 5.30. The minimum Gasteiger partial charge on any atom is -0.468 e. The van der Waals surface area contributed by atoms with Crippen LogP contribution in [0.2, 0.25) is 0 Å². The number of esters is 1. The molecule has 0 spiro atoms. The van der Waals surface area contributed by atoms with Crippen LogP contribution in [0, 0.1) is 17.2 Å². The topological polar surface area (TPSA) is 96.3 Å². The first-order valence-corrected chi connectivity index (χ1v) is 10.2. The van der Waals surface area contributed by atoms with Gasteiger partial charge in [-0.05, 0) is 36.2 Å². The highest BCUT2D eigenvalue weighted by Crippen LogP contribution is 2.40. The second kappa shape index (κ2) is 10.8. The zero-order valence-corrected chi connectivity index (χ0v) is 18.1. The van der Waals surface area contributed by atoms with Crippen LogP contribution in [-0.4, -0.2) is 24.9 Å². The lowest BCUT2D eigenvalue weighted by molar-refractivity contribution is -0.148. The van der Waals surface area contributed by atoms with Gasteiger partial charge in [0.25, 0.3) is 5.91 Å². The van der Waals surface area contributed by atoms with E-state index in [4.69, 9.17) is 4.74 Å². The van der Waals surface area contributed by atoms with Crippen LogP contribution in [0.15, 0.2) is 54.6 Å². The van der Waals surface area contributed by atoms with Gasteiger partial charge in [0.2, 0.25) is 5.91 Å². The summed E-state index contributed by atoms with van der Waals surface area (Å²) in [6.07, 6.45) is -4.59. The lowest BCUT2D eigenvalue weighted by Crippen LogP contribution is -2.45. The van der Waals surface area contributed by atoms with Gasteiger partial charge in [-0.3, -0.25) is 14.9 Å². The molecule has 0 bridgehead atoms. The maximum absolute atomic E-state index is 13.3. The Labute approximate surface area is 189 Å². The molecule has 0 aliphatic carbocycles. The van der Waals surface area contributed by atoms with Crippen LogP contribution in [0.3, 0.4) is 0 Å². The van der Waals surface area contributed by atoms with Crippen molar-refractivity contribution in [2.24, 2.45) is 5.92 Å². The van der Waals surface area contributed by atoms with Crippen molar-refractivity contribution in [1.82, 2.24) is 5.32 Å². The molecule has 0 aliphatic rings. The van der Waals surface area contributed by atoms with Crippen molar-refractivity contribution in [1.29, 1.82) is 5.26 Å². The Bertz CT molecular complexity index is 1050. The zero-order chi connectivity index (χ0) is 24.6. The summed E-state index contributed by atoms with van der Waals surface area (Å²) in [5.41, 5.74) is -3.22. The van der Waals surface area contributed by atoms with Gasteiger partial charge in [-0.1, -0.05) is 43.7 Å². The molecule has 6 nitrogen and oxygen atoms in total. The number of nitrogens with one attached hydrogen (secondary N) is 1. The third-order valence-electron chi connectivity index (χ3n) is 5.30. The van der Waals surface area contributed by atoms with E-state index in [0.717, 1.165) is 25.3 Å². The monoisotopic (exact) mass is 460 g/mol. The van der Waals surface area contributed by atoms with E-state index in [2.05, 4.69) is 5.32 Å². The Balaban J connectivity index is 2.46. The van der Waals surface area contributed by atoms with Crippen molar-refractivity contribution in [3.8, 4) is 6.07 Å². The van der Waals surface area contributed by atoms with Crippen LogP contribution in [0.1, 0.15) is 47.7 Å². The number of rotatable bonds is 8. The van der Waals surface area contributed by atoms with E-state index < -0.39 is 47.3 Å². The number of imide groups is 1. The minimum atomic E-state index is -4.70. The van der Waals surface area contributed by atoms with Crippen LogP contribution in [0.25, 0.3) is 0 Å². The molecule has 0 heterocycles. The number of halogens is 3. The Morgan fingerprint density at radius 3 is 2.24 bits per heavy atom. The fourth-order valence-corrected chi connectivity index (χ4v) is 3.71. The Hall–Kier alpha value is -3.67. The number of nitrogens with zero attached hydrogens (tertiary/aromatic N) is 1. The van der Waals surface area contributed by atoms with Gasteiger partial charge in [0.05, 0.1) is 18.7 Å². The molecule has 2 atom stereocenters. The molecule has 2 aromatic carbocycles. The summed E-state index contributed by atoms with van der Waals surface area (Å²) in [7, 11) is 1.02. The normalized spacial score (nSPS) is 13.8. The first kappa shape index (κ1) is 25.6. The van der Waals surface area contributed by atoms with Crippen molar-refractivity contribution in [2.75, 3.05) is 7.11 Å². The maximum Gasteiger partial charge on any atom is 0.416 e. The Kier molecular flexibility index (Phi) is 8.35. The summed E-state index contributed by atoms with van der Waals surface area (Å²) in [4.78, 5) is 37.8. The number of alkyl halides is 3. The van der Waals surface area contributed by atoms with E-state index in [1.54, 1.807) is 25.1 Å². The lowest BCUT2D eigenvalue weighted by Gasteiger charge is -2.33. The molecular formula is C24H23F3N2O4. The maximum atomic E-state index is 13.3. The second-order valence-electron chi connectivity index (χ2n) is 7.42. The van der Waals surface area contributed by atoms with Crippen molar-refractivity contribution in [2.45, 2.75) is 37.8 Å². The van der Waals surface area contributed by atoms with E-state index in [0.29, 0.717) is 6.42 Å². The minimum absolute atomic E-state index is 0.145. The highest BCUT2D eigenvalue weighted by atomic mass is 19.4. The Morgan fingerprint density at radius 2 is 1.70 bits per heavy atom. The average molecular weight is 460 g/mol. The fraction of sp³-hybridized carbons (Fsp3) is 0.333. The van der Waals surface area contributed by atoms with Crippen molar-refractivity contribution >= 4 is 17.8 Å². The molecule has 0 aliphatic heterocycles. The second-order valence-corrected chi connectivity index (χ2v) is 7.42. The quantitative estimate of drug-likeness (QED) is 0.589. The van der Waals surface area contributed by atoms with Crippen molar-refractivity contribution in [3.63, 3.8) is 0 Å².